The van der Waals surface area contributed by atoms with Gasteiger partial charge in [-0.05, 0) is 23.8 Å². The molecule has 0 saturated carbocycles. The molecule has 0 saturated heterocycles. The van der Waals surface area contributed by atoms with E-state index in [1.165, 1.54) is 5.56 Å². The number of hydrogen-bond donors (Lipinski definition) is 1. The van der Waals surface area contributed by atoms with Gasteiger partial charge in [-0.25, -0.2) is 0 Å². The van der Waals surface area contributed by atoms with E-state index in [-0.39, 0.29) is 6.04 Å². The molecule has 1 aliphatic heterocycles. The van der Waals surface area contributed by atoms with Crippen molar-refractivity contribution in [2.75, 3.05) is 5.32 Å². The minimum absolute atomic E-state index is 0.0335. The highest BCUT2D eigenvalue weighted by molar-refractivity contribution is 6.30. The van der Waals surface area contributed by atoms with E-state index in [2.05, 4.69) is 22.4 Å². The first-order valence-electron chi connectivity index (χ1n) is 5.47. The van der Waals surface area contributed by atoms with E-state index in [0.717, 1.165) is 16.3 Å². The van der Waals surface area contributed by atoms with Crippen molar-refractivity contribution < 1.29 is 0 Å². The molecular formula is C14H11ClN2. The van der Waals surface area contributed by atoms with Crippen molar-refractivity contribution in [3.8, 4) is 0 Å². The maximum absolute atomic E-state index is 6.05. The largest absolute Gasteiger partial charge is 0.346 e. The molecule has 0 aliphatic carbocycles. The summed E-state index contributed by atoms with van der Waals surface area (Å²) in [5.74, 6) is 0. The lowest BCUT2D eigenvalue weighted by molar-refractivity contribution is 0.870. The lowest BCUT2D eigenvalue weighted by atomic mass is 9.97. The number of halogens is 1. The first kappa shape index (κ1) is 10.4. The molecule has 1 aliphatic rings. The number of nitrogens with one attached hydrogen (secondary N) is 1. The summed E-state index contributed by atoms with van der Waals surface area (Å²) in [5.41, 5.74) is 3.36. The van der Waals surface area contributed by atoms with Gasteiger partial charge in [-0.2, -0.15) is 0 Å². The molecule has 2 aromatic carbocycles. The summed E-state index contributed by atoms with van der Waals surface area (Å²) in [5, 5.41) is 3.88. The third kappa shape index (κ3) is 1.92. The monoisotopic (exact) mass is 242 g/mol. The van der Waals surface area contributed by atoms with Gasteiger partial charge in [-0.3, -0.25) is 4.99 Å². The Balaban J connectivity index is 2.11. The Morgan fingerprint density at radius 1 is 1.06 bits per heavy atom. The molecule has 0 radical (unpaired) electrons. The number of aliphatic imine (C=N–C) groups is 1. The second-order valence-corrected chi connectivity index (χ2v) is 4.40. The number of fused-ring (bicyclic) bond motifs is 1. The van der Waals surface area contributed by atoms with Crippen molar-refractivity contribution in [1.82, 2.24) is 0 Å². The Bertz CT molecular complexity index is 564. The highest BCUT2D eigenvalue weighted by atomic mass is 35.5. The van der Waals surface area contributed by atoms with Crippen molar-refractivity contribution in [2.45, 2.75) is 6.04 Å². The Morgan fingerprint density at radius 2 is 1.88 bits per heavy atom. The molecule has 2 nitrogen and oxygen atoms in total. The van der Waals surface area contributed by atoms with Crippen molar-refractivity contribution in [3.05, 3.63) is 64.7 Å². The van der Waals surface area contributed by atoms with Gasteiger partial charge in [-0.15, -0.1) is 0 Å². The first-order chi connectivity index (χ1) is 8.34. The minimum Gasteiger partial charge on any atom is -0.346 e. The van der Waals surface area contributed by atoms with Crippen molar-refractivity contribution >= 4 is 23.6 Å². The number of rotatable bonds is 1. The average Bonchev–Trinajstić information content (AvgIpc) is 2.39. The molecule has 1 atom stereocenters. The van der Waals surface area contributed by atoms with Crippen LogP contribution in [0.1, 0.15) is 17.2 Å². The van der Waals surface area contributed by atoms with Crippen LogP contribution in [0.3, 0.4) is 0 Å². The van der Waals surface area contributed by atoms with E-state index in [1.54, 1.807) is 6.34 Å². The Hall–Kier alpha value is -1.80. The second kappa shape index (κ2) is 4.22. The average molecular weight is 243 g/mol. The molecule has 0 spiro atoms. The fourth-order valence-corrected chi connectivity index (χ4v) is 2.23. The summed E-state index contributed by atoms with van der Waals surface area (Å²) < 4.78 is 0. The molecule has 3 heteroatoms. The van der Waals surface area contributed by atoms with Crippen LogP contribution in [0.25, 0.3) is 0 Å². The molecule has 3 rings (SSSR count). The number of hydrogen-bond acceptors (Lipinski definition) is 2. The smallest absolute Gasteiger partial charge is 0.104 e. The number of anilines is 1. The third-order valence-electron chi connectivity index (χ3n) is 2.87. The predicted molar refractivity (Wildman–Crippen MR) is 71.9 cm³/mol. The van der Waals surface area contributed by atoms with E-state index in [4.69, 9.17) is 11.6 Å². The van der Waals surface area contributed by atoms with Gasteiger partial charge in [0.2, 0.25) is 0 Å². The van der Waals surface area contributed by atoms with E-state index >= 15 is 0 Å². The minimum atomic E-state index is 0.0335. The van der Waals surface area contributed by atoms with Gasteiger partial charge >= 0.3 is 0 Å². The van der Waals surface area contributed by atoms with Gasteiger partial charge in [0, 0.05) is 16.3 Å². The maximum atomic E-state index is 6.05. The highest BCUT2D eigenvalue weighted by Gasteiger charge is 2.19. The van der Waals surface area contributed by atoms with Crippen LogP contribution < -0.4 is 5.32 Å². The van der Waals surface area contributed by atoms with Crippen LogP contribution in [-0.4, -0.2) is 6.34 Å². The summed E-state index contributed by atoms with van der Waals surface area (Å²) >= 11 is 6.05. The zero-order chi connectivity index (χ0) is 11.7. The standard InChI is InChI=1S/C14H11ClN2/c15-11-6-7-13-12(8-11)14(17-9-16-13)10-4-2-1-3-5-10/h1-9,14H,(H,16,17). The number of nitrogens with zero attached hydrogens (tertiary/aromatic N) is 1. The lowest BCUT2D eigenvalue weighted by Crippen LogP contribution is -2.11. The summed E-state index contributed by atoms with van der Waals surface area (Å²) in [6.07, 6.45) is 1.74. The molecule has 1 N–H and O–H groups in total. The van der Waals surface area contributed by atoms with Gasteiger partial charge in [0.1, 0.15) is 6.04 Å². The second-order valence-electron chi connectivity index (χ2n) is 3.97. The maximum Gasteiger partial charge on any atom is 0.104 e. The lowest BCUT2D eigenvalue weighted by Gasteiger charge is -2.21. The molecule has 0 aromatic heterocycles. The molecule has 1 heterocycles. The van der Waals surface area contributed by atoms with Crippen LogP contribution in [0.15, 0.2) is 53.5 Å². The molecule has 84 valence electrons. The van der Waals surface area contributed by atoms with Crippen LogP contribution in [0, 0.1) is 0 Å². The fourth-order valence-electron chi connectivity index (χ4n) is 2.05. The van der Waals surface area contributed by atoms with Gasteiger partial charge in [0.05, 0.1) is 6.34 Å². The van der Waals surface area contributed by atoms with E-state index in [0.29, 0.717) is 0 Å². The Kier molecular flexibility index (Phi) is 2.57. The zero-order valence-corrected chi connectivity index (χ0v) is 9.85. The van der Waals surface area contributed by atoms with Crippen molar-refractivity contribution in [1.29, 1.82) is 0 Å². The molecule has 2 aromatic rings. The van der Waals surface area contributed by atoms with Crippen LogP contribution >= 0.6 is 11.6 Å². The third-order valence-corrected chi connectivity index (χ3v) is 3.10. The highest BCUT2D eigenvalue weighted by Crippen LogP contribution is 2.35. The van der Waals surface area contributed by atoms with Gasteiger partial charge < -0.3 is 5.32 Å². The summed E-state index contributed by atoms with van der Waals surface area (Å²) in [4.78, 5) is 4.49. The first-order valence-corrected chi connectivity index (χ1v) is 5.85. The van der Waals surface area contributed by atoms with Crippen LogP contribution in [0.4, 0.5) is 5.69 Å². The number of benzene rings is 2. The Labute approximate surface area is 105 Å². The predicted octanol–water partition coefficient (Wildman–Crippen LogP) is 3.88. The molecule has 1 unspecified atom stereocenters. The normalized spacial score (nSPS) is 17.4. The van der Waals surface area contributed by atoms with Crippen molar-refractivity contribution in [2.24, 2.45) is 4.99 Å². The fraction of sp³-hybridized carbons (Fsp3) is 0.0714. The Morgan fingerprint density at radius 3 is 2.71 bits per heavy atom. The van der Waals surface area contributed by atoms with Crippen molar-refractivity contribution in [3.63, 3.8) is 0 Å². The van der Waals surface area contributed by atoms with Gasteiger partial charge in [0.25, 0.3) is 0 Å². The van der Waals surface area contributed by atoms with Gasteiger partial charge in [-0.1, -0.05) is 41.9 Å². The van der Waals surface area contributed by atoms with Gasteiger partial charge in [0.15, 0.2) is 0 Å². The topological polar surface area (TPSA) is 24.4 Å². The summed E-state index contributed by atoms with van der Waals surface area (Å²) in [6, 6.07) is 16.1. The van der Waals surface area contributed by atoms with Crippen LogP contribution in [0.5, 0.6) is 0 Å². The molecule has 0 bridgehead atoms. The quantitative estimate of drug-likeness (QED) is 0.806. The molecular weight excluding hydrogens is 232 g/mol. The van der Waals surface area contributed by atoms with E-state index in [1.807, 2.05) is 36.4 Å². The van der Waals surface area contributed by atoms with Crippen LogP contribution in [-0.2, 0) is 0 Å². The molecule has 0 fully saturated rings. The SMILES string of the molecule is Clc1ccc2c(c1)C(c1ccccc1)N=CN2. The summed E-state index contributed by atoms with van der Waals surface area (Å²) in [7, 11) is 0. The van der Waals surface area contributed by atoms with Crippen LogP contribution in [0.2, 0.25) is 5.02 Å². The van der Waals surface area contributed by atoms with E-state index < -0.39 is 0 Å². The summed E-state index contributed by atoms with van der Waals surface area (Å²) in [6.45, 7) is 0. The molecule has 0 amide bonds. The molecule has 17 heavy (non-hydrogen) atoms. The zero-order valence-electron chi connectivity index (χ0n) is 9.10. The van der Waals surface area contributed by atoms with E-state index in [9.17, 15) is 0 Å².